The van der Waals surface area contributed by atoms with Gasteiger partial charge in [-0.3, -0.25) is 9.59 Å². The topological polar surface area (TPSA) is 58.6 Å². The number of para-hydroxylation sites is 1. The van der Waals surface area contributed by atoms with Crippen molar-refractivity contribution in [3.63, 3.8) is 0 Å². The number of nitrogens with zero attached hydrogens (tertiary/aromatic N) is 1. The van der Waals surface area contributed by atoms with Crippen LogP contribution < -0.4 is 15.0 Å². The van der Waals surface area contributed by atoms with Crippen molar-refractivity contribution < 1.29 is 14.3 Å². The van der Waals surface area contributed by atoms with Crippen LogP contribution >= 0.6 is 0 Å². The van der Waals surface area contributed by atoms with E-state index in [2.05, 4.69) is 5.32 Å². The number of rotatable bonds is 4. The van der Waals surface area contributed by atoms with E-state index in [1.807, 2.05) is 68.1 Å². The molecule has 1 heterocycles. The maximum Gasteiger partial charge on any atom is 0.235 e. The number of hydrogen-bond donors (Lipinski definition) is 1. The molecule has 0 spiro atoms. The van der Waals surface area contributed by atoms with Gasteiger partial charge in [0.15, 0.2) is 0 Å². The molecule has 5 nitrogen and oxygen atoms in total. The summed E-state index contributed by atoms with van der Waals surface area (Å²) in [7, 11) is 1.63. The average molecular weight is 392 g/mol. The number of anilines is 2. The minimum Gasteiger partial charge on any atom is -0.496 e. The first kappa shape index (κ1) is 19.5. The Hall–Kier alpha value is -2.82. The van der Waals surface area contributed by atoms with Gasteiger partial charge in [-0.15, -0.1) is 0 Å². The minimum absolute atomic E-state index is 0.0198. The molecular weight excluding hydrogens is 364 g/mol. The summed E-state index contributed by atoms with van der Waals surface area (Å²) in [6.45, 7) is 6.49. The fourth-order valence-electron chi connectivity index (χ4n) is 4.11. The van der Waals surface area contributed by atoms with E-state index in [1.165, 1.54) is 0 Å². The Morgan fingerprint density at radius 2 is 1.83 bits per heavy atom. The smallest absolute Gasteiger partial charge is 0.235 e. The number of fused-ring (bicyclic) bond motifs is 1. The number of ether oxygens (including phenoxy) is 1. The van der Waals surface area contributed by atoms with Gasteiger partial charge in [-0.05, 0) is 43.0 Å². The summed E-state index contributed by atoms with van der Waals surface area (Å²) in [5, 5.41) is 3.09. The van der Waals surface area contributed by atoms with E-state index >= 15 is 0 Å². The van der Waals surface area contributed by atoms with E-state index < -0.39 is 10.8 Å². The van der Waals surface area contributed by atoms with E-state index in [9.17, 15) is 9.59 Å². The highest BCUT2D eigenvalue weighted by molar-refractivity contribution is 6.03. The van der Waals surface area contributed by atoms with Crippen molar-refractivity contribution in [1.82, 2.24) is 0 Å². The Morgan fingerprint density at radius 3 is 2.48 bits per heavy atom. The lowest BCUT2D eigenvalue weighted by molar-refractivity contribution is -0.125. The standard InChI is InChI=1S/C24H28N2O3/c1-23(2,3)22(28)26-14-11-16-9-10-17(15-19(16)26)25-21(27)24(12-13-24)18-7-5-6-8-20(18)29-4/h5-10,15H,11-14H2,1-4H3,(H,25,27). The second kappa shape index (κ2) is 6.90. The van der Waals surface area contributed by atoms with E-state index in [0.29, 0.717) is 6.54 Å². The molecule has 0 unspecified atom stereocenters. The molecule has 0 saturated heterocycles. The van der Waals surface area contributed by atoms with Gasteiger partial charge in [-0.25, -0.2) is 0 Å². The van der Waals surface area contributed by atoms with Gasteiger partial charge in [0.2, 0.25) is 11.8 Å². The van der Waals surface area contributed by atoms with Crippen LogP contribution in [-0.2, 0) is 21.4 Å². The van der Waals surface area contributed by atoms with Crippen molar-refractivity contribution in [2.24, 2.45) is 5.41 Å². The molecular formula is C24H28N2O3. The van der Waals surface area contributed by atoms with Crippen molar-refractivity contribution in [2.45, 2.75) is 45.4 Å². The number of carbonyl (C=O) groups excluding carboxylic acids is 2. The number of benzene rings is 2. The van der Waals surface area contributed by atoms with Crippen LogP contribution in [0, 0.1) is 5.41 Å². The van der Waals surface area contributed by atoms with Crippen LogP contribution in [0.25, 0.3) is 0 Å². The summed E-state index contributed by atoms with van der Waals surface area (Å²) in [4.78, 5) is 27.9. The van der Waals surface area contributed by atoms with Gasteiger partial charge >= 0.3 is 0 Å². The first-order valence-electron chi connectivity index (χ1n) is 10.2. The SMILES string of the molecule is COc1ccccc1C1(C(=O)Nc2ccc3c(c2)N(C(=O)C(C)(C)C)CC3)CC1. The van der Waals surface area contributed by atoms with Crippen LogP contribution in [-0.4, -0.2) is 25.5 Å². The zero-order valence-corrected chi connectivity index (χ0v) is 17.5. The molecule has 1 N–H and O–H groups in total. The maximum absolute atomic E-state index is 13.2. The summed E-state index contributed by atoms with van der Waals surface area (Å²) in [5.41, 5.74) is 2.74. The molecule has 2 aliphatic rings. The lowest BCUT2D eigenvalue weighted by Crippen LogP contribution is -2.38. The maximum atomic E-state index is 13.2. The predicted octanol–water partition coefficient (Wildman–Crippen LogP) is 4.30. The molecule has 4 rings (SSSR count). The Kier molecular flexibility index (Phi) is 4.64. The van der Waals surface area contributed by atoms with Gasteiger partial charge in [0.1, 0.15) is 5.75 Å². The number of hydrogen-bond acceptors (Lipinski definition) is 3. The van der Waals surface area contributed by atoms with Crippen LogP contribution in [0.3, 0.4) is 0 Å². The Labute approximate surface area is 172 Å². The van der Waals surface area contributed by atoms with E-state index in [4.69, 9.17) is 4.74 Å². The molecule has 1 aliphatic carbocycles. The zero-order valence-electron chi connectivity index (χ0n) is 17.5. The number of carbonyl (C=O) groups is 2. The molecule has 1 fully saturated rings. The van der Waals surface area contributed by atoms with Gasteiger partial charge in [-0.1, -0.05) is 45.0 Å². The molecule has 0 aromatic heterocycles. The van der Waals surface area contributed by atoms with Crippen molar-refractivity contribution in [3.05, 3.63) is 53.6 Å². The second-order valence-electron chi connectivity index (χ2n) is 9.04. The third-order valence-corrected chi connectivity index (χ3v) is 5.93. The molecule has 1 saturated carbocycles. The Bertz CT molecular complexity index is 970. The van der Waals surface area contributed by atoms with E-state index in [0.717, 1.165) is 47.5 Å². The first-order chi connectivity index (χ1) is 13.8. The van der Waals surface area contributed by atoms with Crippen LogP contribution in [0.5, 0.6) is 5.75 Å². The summed E-state index contributed by atoms with van der Waals surface area (Å²) in [6.07, 6.45) is 2.45. The van der Waals surface area contributed by atoms with Gasteiger partial charge in [0.25, 0.3) is 0 Å². The molecule has 152 valence electrons. The summed E-state index contributed by atoms with van der Waals surface area (Å²) in [6, 6.07) is 13.6. The van der Waals surface area contributed by atoms with Gasteiger partial charge in [0.05, 0.1) is 12.5 Å². The molecule has 2 aromatic rings. The highest BCUT2D eigenvalue weighted by Crippen LogP contribution is 2.52. The van der Waals surface area contributed by atoms with Gasteiger partial charge in [0, 0.05) is 28.9 Å². The molecule has 2 aromatic carbocycles. The van der Waals surface area contributed by atoms with Gasteiger partial charge in [-0.2, -0.15) is 0 Å². The molecule has 1 aliphatic heterocycles. The molecule has 29 heavy (non-hydrogen) atoms. The van der Waals surface area contributed by atoms with Crippen LogP contribution in [0.4, 0.5) is 11.4 Å². The highest BCUT2D eigenvalue weighted by Gasteiger charge is 2.52. The molecule has 2 amide bonds. The second-order valence-corrected chi connectivity index (χ2v) is 9.04. The summed E-state index contributed by atoms with van der Waals surface area (Å²) >= 11 is 0. The van der Waals surface area contributed by atoms with Crippen LogP contribution in [0.1, 0.15) is 44.7 Å². The third kappa shape index (κ3) is 3.39. The minimum atomic E-state index is -0.535. The van der Waals surface area contributed by atoms with Crippen LogP contribution in [0.2, 0.25) is 0 Å². The lowest BCUT2D eigenvalue weighted by Gasteiger charge is -2.26. The molecule has 0 atom stereocenters. The Balaban J connectivity index is 1.58. The number of nitrogens with one attached hydrogen (secondary N) is 1. The molecule has 5 heteroatoms. The molecule has 0 bridgehead atoms. The third-order valence-electron chi connectivity index (χ3n) is 5.93. The summed E-state index contributed by atoms with van der Waals surface area (Å²) in [5.74, 6) is 0.831. The average Bonchev–Trinajstić information content (AvgIpc) is 3.41. The predicted molar refractivity (Wildman–Crippen MR) is 114 cm³/mol. The van der Waals surface area contributed by atoms with Crippen molar-refractivity contribution in [1.29, 1.82) is 0 Å². The largest absolute Gasteiger partial charge is 0.496 e. The van der Waals surface area contributed by atoms with Crippen molar-refractivity contribution in [2.75, 3.05) is 23.9 Å². The summed E-state index contributed by atoms with van der Waals surface area (Å²) < 4.78 is 5.48. The number of methoxy groups -OCH3 is 1. The van der Waals surface area contributed by atoms with Crippen molar-refractivity contribution in [3.8, 4) is 5.75 Å². The van der Waals surface area contributed by atoms with Crippen LogP contribution in [0.15, 0.2) is 42.5 Å². The van der Waals surface area contributed by atoms with E-state index in [1.54, 1.807) is 7.11 Å². The zero-order chi connectivity index (χ0) is 20.8. The van der Waals surface area contributed by atoms with Gasteiger partial charge < -0.3 is 15.0 Å². The Morgan fingerprint density at radius 1 is 1.10 bits per heavy atom. The normalized spacial score (nSPS) is 16.9. The molecule has 0 radical (unpaired) electrons. The fraction of sp³-hybridized carbons (Fsp3) is 0.417. The fourth-order valence-corrected chi connectivity index (χ4v) is 4.11. The van der Waals surface area contributed by atoms with Crippen molar-refractivity contribution >= 4 is 23.2 Å². The highest BCUT2D eigenvalue weighted by atomic mass is 16.5. The monoisotopic (exact) mass is 392 g/mol. The van der Waals surface area contributed by atoms with E-state index in [-0.39, 0.29) is 11.8 Å². The first-order valence-corrected chi connectivity index (χ1v) is 10.2. The quantitative estimate of drug-likeness (QED) is 0.844. The number of amides is 2. The lowest BCUT2D eigenvalue weighted by atomic mass is 9.93.